The molecule has 4 aromatic carbocycles. The fourth-order valence-corrected chi connectivity index (χ4v) is 3.64. The lowest BCUT2D eigenvalue weighted by atomic mass is 9.97. The summed E-state index contributed by atoms with van der Waals surface area (Å²) >= 11 is 0. The highest BCUT2D eigenvalue weighted by atomic mass is 16.5. The van der Waals surface area contributed by atoms with Gasteiger partial charge in [-0.2, -0.15) is 0 Å². The molecule has 0 aliphatic carbocycles. The maximum absolute atomic E-state index is 9.70. The molecule has 5 heteroatoms. The fraction of sp³-hybridized carbons (Fsp3) is 0.200. The molecule has 0 unspecified atom stereocenters. The molecule has 0 atom stereocenters. The monoisotopic (exact) mass is 472 g/mol. The Morgan fingerprint density at radius 1 is 0.400 bits per heavy atom. The van der Waals surface area contributed by atoms with E-state index in [1.165, 1.54) is 0 Å². The van der Waals surface area contributed by atoms with Crippen molar-refractivity contribution in [1.82, 2.24) is 0 Å². The molecule has 0 aliphatic heterocycles. The first-order valence-corrected chi connectivity index (χ1v) is 11.1. The third-order valence-corrected chi connectivity index (χ3v) is 5.61. The topological polar surface area (TPSA) is 46.2 Å². The SMILES string of the molecule is [2H]C(OC([2H])(c1ccc(OC)cc1)c1ccc(OC)cc1)(c1ccc(OC)cc1)c1ccc(OC)cc1. The summed E-state index contributed by atoms with van der Waals surface area (Å²) in [5, 5.41) is 0. The van der Waals surface area contributed by atoms with Gasteiger partial charge >= 0.3 is 0 Å². The van der Waals surface area contributed by atoms with Crippen molar-refractivity contribution in [1.29, 1.82) is 0 Å². The highest BCUT2D eigenvalue weighted by Crippen LogP contribution is 2.38. The molecular weight excluding hydrogens is 440 g/mol. The van der Waals surface area contributed by atoms with Crippen molar-refractivity contribution in [3.63, 3.8) is 0 Å². The van der Waals surface area contributed by atoms with Gasteiger partial charge in [-0.05, 0) is 70.8 Å². The standard InChI is InChI=1S/C30H30O5/c1-31-25-13-5-21(6-14-25)29(22-7-15-26(32-2)16-8-22)35-30(23-9-17-27(33-3)18-10-23)24-11-19-28(34-4)20-12-24/h5-20,29-30H,1-4H3/i29D,30D. The van der Waals surface area contributed by atoms with Crippen molar-refractivity contribution >= 4 is 0 Å². The molecule has 0 saturated heterocycles. The number of ether oxygens (including phenoxy) is 5. The van der Waals surface area contributed by atoms with Crippen molar-refractivity contribution in [2.75, 3.05) is 28.4 Å². The van der Waals surface area contributed by atoms with Crippen molar-refractivity contribution in [3.05, 3.63) is 119 Å². The average molecular weight is 473 g/mol. The van der Waals surface area contributed by atoms with Crippen LogP contribution in [-0.4, -0.2) is 28.4 Å². The maximum atomic E-state index is 9.70. The summed E-state index contributed by atoms with van der Waals surface area (Å²) in [4.78, 5) is 0. The summed E-state index contributed by atoms with van der Waals surface area (Å²) in [6, 6.07) is 28.4. The number of hydrogen-bond acceptors (Lipinski definition) is 5. The lowest BCUT2D eigenvalue weighted by molar-refractivity contribution is 0.0308. The lowest BCUT2D eigenvalue weighted by Crippen LogP contribution is -2.13. The van der Waals surface area contributed by atoms with Crippen LogP contribution in [0.4, 0.5) is 0 Å². The van der Waals surface area contributed by atoms with E-state index in [2.05, 4.69) is 0 Å². The van der Waals surface area contributed by atoms with E-state index in [0.717, 1.165) is 0 Å². The minimum atomic E-state index is -1.76. The number of rotatable bonds is 10. The highest BCUT2D eigenvalue weighted by Gasteiger charge is 2.24. The van der Waals surface area contributed by atoms with E-state index in [-0.39, 0.29) is 0 Å². The maximum Gasteiger partial charge on any atom is 0.118 e. The Labute approximate surface area is 209 Å². The molecule has 0 N–H and O–H groups in total. The Bertz CT molecular complexity index is 1090. The summed E-state index contributed by atoms with van der Waals surface area (Å²) < 4.78 is 47.3. The van der Waals surface area contributed by atoms with E-state index >= 15 is 0 Å². The van der Waals surface area contributed by atoms with Crippen LogP contribution in [0.3, 0.4) is 0 Å². The van der Waals surface area contributed by atoms with E-state index in [9.17, 15) is 2.74 Å². The quantitative estimate of drug-likeness (QED) is 0.260. The molecule has 4 rings (SSSR count). The van der Waals surface area contributed by atoms with Crippen LogP contribution in [0.5, 0.6) is 23.0 Å². The summed E-state index contributed by atoms with van der Waals surface area (Å²) in [7, 11) is 6.35. The first kappa shape index (κ1) is 21.6. The second kappa shape index (κ2) is 11.4. The zero-order valence-corrected chi connectivity index (χ0v) is 20.3. The molecule has 0 fully saturated rings. The zero-order chi connectivity index (χ0) is 26.5. The van der Waals surface area contributed by atoms with E-state index in [1.54, 1.807) is 126 Å². The van der Waals surface area contributed by atoms with Gasteiger partial charge in [0.05, 0.1) is 31.2 Å². The Morgan fingerprint density at radius 3 is 0.771 bits per heavy atom. The van der Waals surface area contributed by atoms with Gasteiger partial charge in [-0.1, -0.05) is 48.5 Å². The van der Waals surface area contributed by atoms with Crippen LogP contribution in [0.15, 0.2) is 97.1 Å². The molecule has 0 aliphatic rings. The molecule has 0 radical (unpaired) electrons. The molecular formula is C30H30O5. The molecule has 180 valence electrons. The van der Waals surface area contributed by atoms with Gasteiger partial charge in [0, 0.05) is 0 Å². The predicted molar refractivity (Wildman–Crippen MR) is 137 cm³/mol. The molecule has 0 saturated carbocycles. The first-order valence-electron chi connectivity index (χ1n) is 12.1. The number of methoxy groups -OCH3 is 4. The van der Waals surface area contributed by atoms with Crippen molar-refractivity contribution in [3.8, 4) is 23.0 Å². The van der Waals surface area contributed by atoms with Gasteiger partial charge < -0.3 is 23.7 Å². The molecule has 0 bridgehead atoms. The minimum absolute atomic E-state index is 0.539. The second-order valence-electron chi connectivity index (χ2n) is 7.67. The van der Waals surface area contributed by atoms with Crippen molar-refractivity contribution < 1.29 is 26.4 Å². The van der Waals surface area contributed by atoms with Crippen LogP contribution in [0.2, 0.25) is 0 Å². The smallest absolute Gasteiger partial charge is 0.118 e. The molecule has 35 heavy (non-hydrogen) atoms. The minimum Gasteiger partial charge on any atom is -0.497 e. The van der Waals surface area contributed by atoms with E-state index in [0.29, 0.717) is 45.3 Å². The normalized spacial score (nSPS) is 12.3. The summed E-state index contributed by atoms with van der Waals surface area (Å²) in [6.07, 6.45) is -3.53. The third kappa shape index (κ3) is 5.76. The summed E-state index contributed by atoms with van der Waals surface area (Å²) in [6.45, 7) is 0. The second-order valence-corrected chi connectivity index (χ2v) is 7.67. The number of hydrogen-bond donors (Lipinski definition) is 0. The van der Waals surface area contributed by atoms with Gasteiger partial charge in [-0.25, -0.2) is 0 Å². The molecule has 0 heterocycles. The van der Waals surface area contributed by atoms with Gasteiger partial charge in [0.25, 0.3) is 0 Å². The average Bonchev–Trinajstić information content (AvgIpc) is 2.97. The third-order valence-electron chi connectivity index (χ3n) is 5.61. The van der Waals surface area contributed by atoms with Gasteiger partial charge in [0.1, 0.15) is 35.2 Å². The van der Waals surface area contributed by atoms with Crippen LogP contribution in [0, 0.1) is 0 Å². The Hall–Kier alpha value is -3.96. The Kier molecular flexibility index (Phi) is 7.05. The Morgan fingerprint density at radius 2 is 0.600 bits per heavy atom. The van der Waals surface area contributed by atoms with Crippen LogP contribution >= 0.6 is 0 Å². The van der Waals surface area contributed by atoms with E-state index in [1.807, 2.05) is 0 Å². The lowest BCUT2D eigenvalue weighted by Gasteiger charge is -2.27. The van der Waals surface area contributed by atoms with Crippen molar-refractivity contribution in [2.24, 2.45) is 0 Å². The molecule has 5 nitrogen and oxygen atoms in total. The Balaban J connectivity index is 1.90. The van der Waals surface area contributed by atoms with Crippen molar-refractivity contribution in [2.45, 2.75) is 12.2 Å². The zero-order valence-electron chi connectivity index (χ0n) is 22.3. The summed E-state index contributed by atoms with van der Waals surface area (Å²) in [5.74, 6) is 2.62. The van der Waals surface area contributed by atoms with Crippen LogP contribution in [0.25, 0.3) is 0 Å². The van der Waals surface area contributed by atoms with Gasteiger partial charge in [0.2, 0.25) is 0 Å². The predicted octanol–water partition coefficient (Wildman–Crippen LogP) is 6.62. The molecule has 4 aromatic rings. The molecule has 0 amide bonds. The molecule has 0 spiro atoms. The summed E-state index contributed by atoms with van der Waals surface area (Å²) in [5.41, 5.74) is 2.16. The highest BCUT2D eigenvalue weighted by molar-refractivity contribution is 5.40. The molecule has 0 aromatic heterocycles. The van der Waals surface area contributed by atoms with Gasteiger partial charge in [-0.3, -0.25) is 0 Å². The van der Waals surface area contributed by atoms with E-state index < -0.39 is 12.2 Å². The largest absolute Gasteiger partial charge is 0.497 e. The van der Waals surface area contributed by atoms with E-state index in [4.69, 9.17) is 23.7 Å². The van der Waals surface area contributed by atoms with Crippen LogP contribution in [0.1, 0.15) is 37.2 Å². The number of benzene rings is 4. The fourth-order valence-electron chi connectivity index (χ4n) is 3.64. The van der Waals surface area contributed by atoms with Gasteiger partial charge in [0.15, 0.2) is 0 Å². The first-order chi connectivity index (χ1) is 17.9. The van der Waals surface area contributed by atoms with Gasteiger partial charge in [-0.15, -0.1) is 0 Å². The van der Waals surface area contributed by atoms with Crippen LogP contribution in [-0.2, 0) is 4.74 Å². The van der Waals surface area contributed by atoms with Crippen LogP contribution < -0.4 is 18.9 Å².